The molecule has 0 spiro atoms. The van der Waals surface area contributed by atoms with Crippen LogP contribution in [0.4, 0.5) is 0 Å². The van der Waals surface area contributed by atoms with E-state index >= 15 is 0 Å². The van der Waals surface area contributed by atoms with Crippen LogP contribution in [0.1, 0.15) is 141 Å². The van der Waals surface area contributed by atoms with Gasteiger partial charge in [-0.1, -0.05) is 90.1 Å². The zero-order valence-electron chi connectivity index (χ0n) is 47.5. The Kier molecular flexibility index (Phi) is 25.5. The average Bonchev–Trinajstić information content (AvgIpc) is 3.41. The lowest BCUT2D eigenvalue weighted by Gasteiger charge is -2.34. The Morgan fingerprint density at radius 2 is 0.896 bits per heavy atom. The Balaban J connectivity index is 1.56. The lowest BCUT2D eigenvalue weighted by Crippen LogP contribution is -2.53. The molecule has 19 heteroatoms. The number of hydrogen-bond acceptors (Lipinski definition) is 15. The van der Waals surface area contributed by atoms with Crippen LogP contribution >= 0.6 is 0 Å². The number of aliphatic carboxylic acids is 1. The van der Waals surface area contributed by atoms with Gasteiger partial charge in [0.2, 0.25) is 0 Å². The Labute approximate surface area is 455 Å². The van der Waals surface area contributed by atoms with E-state index in [0.717, 1.165) is 52.2 Å². The third-order valence-corrected chi connectivity index (χ3v) is 14.6. The van der Waals surface area contributed by atoms with Gasteiger partial charge >= 0.3 is 29.8 Å². The van der Waals surface area contributed by atoms with E-state index in [0.29, 0.717) is 50.2 Å². The van der Waals surface area contributed by atoms with Crippen molar-refractivity contribution < 1.29 is 71.9 Å². The molecule has 0 saturated carbocycles. The van der Waals surface area contributed by atoms with Gasteiger partial charge in [0.25, 0.3) is 17.7 Å². The van der Waals surface area contributed by atoms with Crippen LogP contribution in [-0.2, 0) is 79.6 Å². The molecule has 2 saturated heterocycles. The average molecular weight is 1080 g/mol. The molecule has 2 N–H and O–H groups in total. The zero-order chi connectivity index (χ0) is 57.1. The first kappa shape index (κ1) is 63.6. The molecular weight excluding hydrogens is 993 g/mol. The van der Waals surface area contributed by atoms with E-state index in [1.54, 1.807) is 14.0 Å². The number of carbonyl (C=O) groups is 8. The molecule has 2 aliphatic rings. The molecule has 0 bridgehead atoms. The predicted octanol–water partition coefficient (Wildman–Crippen LogP) is 6.01. The van der Waals surface area contributed by atoms with Crippen LogP contribution in [-0.4, -0.2) is 171 Å². The molecule has 428 valence electrons. The van der Waals surface area contributed by atoms with Crippen LogP contribution in [0.2, 0.25) is 0 Å². The van der Waals surface area contributed by atoms with Crippen LogP contribution in [0.15, 0.2) is 48.5 Å². The van der Waals surface area contributed by atoms with Gasteiger partial charge in [0, 0.05) is 60.4 Å². The number of carboxylic acid groups (broad SMARTS) is 1. The van der Waals surface area contributed by atoms with E-state index in [9.17, 15) is 43.5 Å². The summed E-state index contributed by atoms with van der Waals surface area (Å²) >= 11 is 0. The fourth-order valence-electron chi connectivity index (χ4n) is 9.76. The molecule has 4 rings (SSSR count). The highest BCUT2D eigenvalue weighted by atomic mass is 16.6. The molecule has 3 amide bonds. The highest BCUT2D eigenvalue weighted by molar-refractivity contribution is 5.93. The van der Waals surface area contributed by atoms with Gasteiger partial charge in [-0.15, -0.1) is 0 Å². The zero-order valence-corrected chi connectivity index (χ0v) is 47.5. The van der Waals surface area contributed by atoms with Crippen molar-refractivity contribution in [3.05, 3.63) is 70.8 Å². The summed E-state index contributed by atoms with van der Waals surface area (Å²) in [6, 6.07) is 11.1. The molecule has 0 unspecified atom stereocenters. The standard InChI is InChI=1S/C58H86N4O15/c1-13-45(59-9)55(68)76-49(33-39-15-19-41(20-16-39)43-23-27-72-28-24-43)52(64)61(11)47(31-35(3)4)57(70)74-37(7)51(63)60(10)46(14-2)56(69)77-50(34-40-17-21-42(22-18-40)44-25-29-73-30-26-44)53(65)62(12)48(32-36(5)6)58(71)75-38(8)54(66)67/h15-22,35-38,43-50,59H,13-14,23-34H2,1-12H3,(H,66,67)/t37-,38-,45+,46+,47+,48+,49-,50-/m1/s1. The number of esters is 4. The van der Waals surface area contributed by atoms with Gasteiger partial charge < -0.3 is 53.5 Å². The van der Waals surface area contributed by atoms with Crippen molar-refractivity contribution in [3.63, 3.8) is 0 Å². The number of likely N-dealkylation sites (N-methyl/N-ethyl adjacent to an activating group) is 4. The molecule has 0 aliphatic carbocycles. The Morgan fingerprint density at radius 3 is 1.25 bits per heavy atom. The predicted molar refractivity (Wildman–Crippen MR) is 286 cm³/mol. The quantitative estimate of drug-likeness (QED) is 0.0733. The van der Waals surface area contributed by atoms with Gasteiger partial charge in [0.1, 0.15) is 24.2 Å². The topological polar surface area (TPSA) is 234 Å². The molecule has 2 fully saturated rings. The first-order valence-corrected chi connectivity index (χ1v) is 27.4. The Bertz CT molecular complexity index is 2260. The van der Waals surface area contributed by atoms with Crippen molar-refractivity contribution in [1.82, 2.24) is 20.0 Å². The smallest absolute Gasteiger partial charge is 0.344 e. The maximum atomic E-state index is 14.6. The third-order valence-electron chi connectivity index (χ3n) is 14.6. The summed E-state index contributed by atoms with van der Waals surface area (Å²) in [6.07, 6.45) is -1.67. The highest BCUT2D eigenvalue weighted by Crippen LogP contribution is 2.29. The van der Waals surface area contributed by atoms with E-state index in [2.05, 4.69) is 5.32 Å². The highest BCUT2D eigenvalue weighted by Gasteiger charge is 2.41. The number of benzene rings is 2. The van der Waals surface area contributed by atoms with Gasteiger partial charge in [0.15, 0.2) is 24.4 Å². The van der Waals surface area contributed by atoms with Crippen molar-refractivity contribution >= 4 is 47.6 Å². The second-order valence-corrected chi connectivity index (χ2v) is 21.3. The minimum Gasteiger partial charge on any atom is -0.479 e. The molecule has 2 heterocycles. The number of hydrogen-bond donors (Lipinski definition) is 2. The first-order chi connectivity index (χ1) is 36.5. The summed E-state index contributed by atoms with van der Waals surface area (Å²) < 4.78 is 34.1. The van der Waals surface area contributed by atoms with Gasteiger partial charge in [0.05, 0.1) is 0 Å². The van der Waals surface area contributed by atoms with Crippen molar-refractivity contribution in [2.75, 3.05) is 54.6 Å². The minimum atomic E-state index is -1.51. The van der Waals surface area contributed by atoms with E-state index in [1.807, 2.05) is 83.1 Å². The second kappa shape index (κ2) is 30.9. The van der Waals surface area contributed by atoms with Gasteiger partial charge in [-0.3, -0.25) is 19.2 Å². The normalized spacial score (nSPS) is 17.4. The fourth-order valence-corrected chi connectivity index (χ4v) is 9.76. The van der Waals surface area contributed by atoms with Crippen molar-refractivity contribution in [1.29, 1.82) is 0 Å². The third kappa shape index (κ3) is 18.6. The molecule has 0 radical (unpaired) electrons. The van der Waals surface area contributed by atoms with E-state index in [1.165, 1.54) is 39.9 Å². The fraction of sp³-hybridized carbons (Fsp3) is 0.655. The van der Waals surface area contributed by atoms with Crippen molar-refractivity contribution in [3.8, 4) is 0 Å². The molecule has 77 heavy (non-hydrogen) atoms. The number of ether oxygens (including phenoxy) is 6. The van der Waals surface area contributed by atoms with E-state index in [4.69, 9.17) is 28.4 Å². The second-order valence-electron chi connectivity index (χ2n) is 21.3. The summed E-state index contributed by atoms with van der Waals surface area (Å²) in [7, 11) is 5.77. The molecule has 2 aromatic carbocycles. The lowest BCUT2D eigenvalue weighted by atomic mass is 9.90. The van der Waals surface area contributed by atoms with Crippen molar-refractivity contribution in [2.45, 2.75) is 180 Å². The summed E-state index contributed by atoms with van der Waals surface area (Å²) in [5.41, 5.74) is 3.64. The maximum Gasteiger partial charge on any atom is 0.344 e. The number of nitrogens with one attached hydrogen (secondary N) is 1. The van der Waals surface area contributed by atoms with Gasteiger partial charge in [-0.2, -0.15) is 0 Å². The van der Waals surface area contributed by atoms with Gasteiger partial charge in [-0.05, 0) is 118 Å². The Hall–Kier alpha value is -5.92. The van der Waals surface area contributed by atoms with Crippen LogP contribution in [0.5, 0.6) is 0 Å². The molecule has 0 aromatic heterocycles. The van der Waals surface area contributed by atoms with Crippen LogP contribution in [0.25, 0.3) is 0 Å². The van der Waals surface area contributed by atoms with E-state index < -0.39 is 96.2 Å². The number of nitrogens with zero attached hydrogens (tertiary/aromatic N) is 3. The van der Waals surface area contributed by atoms with Crippen LogP contribution < -0.4 is 5.32 Å². The number of rotatable bonds is 28. The molecule has 19 nitrogen and oxygen atoms in total. The summed E-state index contributed by atoms with van der Waals surface area (Å²) in [5, 5.41) is 12.4. The summed E-state index contributed by atoms with van der Waals surface area (Å²) in [5.74, 6) is -6.57. The number of carbonyl (C=O) groups excluding carboxylic acids is 7. The molecule has 8 atom stereocenters. The molecule has 2 aromatic rings. The summed E-state index contributed by atoms with van der Waals surface area (Å²) in [4.78, 5) is 114. The number of carboxylic acids is 1. The van der Waals surface area contributed by atoms with Crippen LogP contribution in [0, 0.1) is 11.8 Å². The maximum absolute atomic E-state index is 14.6. The van der Waals surface area contributed by atoms with Gasteiger partial charge in [-0.25, -0.2) is 19.2 Å². The largest absolute Gasteiger partial charge is 0.479 e. The number of amides is 3. The monoisotopic (exact) mass is 1080 g/mol. The first-order valence-electron chi connectivity index (χ1n) is 27.4. The molecular formula is C58H86N4O15. The van der Waals surface area contributed by atoms with Crippen molar-refractivity contribution in [2.24, 2.45) is 11.8 Å². The summed E-state index contributed by atoms with van der Waals surface area (Å²) in [6.45, 7) is 16.1. The Morgan fingerprint density at radius 1 is 0.532 bits per heavy atom. The SMILES string of the molecule is CC[C@H](NC)C(=O)O[C@H](Cc1ccc(C2CCOCC2)cc1)C(=O)N(C)[C@@H](CC(C)C)C(=O)O[C@H](C)C(=O)N(C)[C@@H](CC)C(=O)O[C@H](Cc1ccc(C2CCOCC2)cc1)C(=O)N(C)[C@@H](CC(C)C)C(=O)O[C@H](C)C(=O)O. The van der Waals surface area contributed by atoms with E-state index in [-0.39, 0.29) is 43.9 Å². The molecule has 2 aliphatic heterocycles. The van der Waals surface area contributed by atoms with Crippen LogP contribution in [0.3, 0.4) is 0 Å². The minimum absolute atomic E-state index is 0.0195. The lowest BCUT2D eigenvalue weighted by molar-refractivity contribution is -0.174.